The third-order valence-electron chi connectivity index (χ3n) is 2.74. The molecule has 0 aliphatic heterocycles. The second-order valence-corrected chi connectivity index (χ2v) is 4.01. The van der Waals surface area contributed by atoms with Crippen LogP contribution in [0.3, 0.4) is 0 Å². The van der Waals surface area contributed by atoms with Crippen LogP contribution in [-0.2, 0) is 24.7 Å². The molecule has 1 atom stereocenters. The molecule has 0 aliphatic rings. The zero-order valence-electron chi connectivity index (χ0n) is 11.3. The highest BCUT2D eigenvalue weighted by molar-refractivity contribution is 6.41. The summed E-state index contributed by atoms with van der Waals surface area (Å²) in [6, 6.07) is 6.17. The molecule has 106 valence electrons. The topological polar surface area (TPSA) is 109 Å². The van der Waals surface area contributed by atoms with E-state index in [1.807, 2.05) is 0 Å². The van der Waals surface area contributed by atoms with Gasteiger partial charge in [0.1, 0.15) is 0 Å². The van der Waals surface area contributed by atoms with Gasteiger partial charge in [0.05, 0.1) is 14.2 Å². The van der Waals surface area contributed by atoms with Gasteiger partial charge >= 0.3 is 17.7 Å². The van der Waals surface area contributed by atoms with Gasteiger partial charge in [0, 0.05) is 5.56 Å². The van der Waals surface area contributed by atoms with Gasteiger partial charge in [-0.05, 0) is 6.92 Å². The van der Waals surface area contributed by atoms with Crippen molar-refractivity contribution in [3.8, 4) is 0 Å². The molecule has 0 heterocycles. The number of aryl methyl sites for hydroxylation is 1. The zero-order valence-corrected chi connectivity index (χ0v) is 11.3. The molecule has 1 N–H and O–H groups in total. The van der Waals surface area contributed by atoms with E-state index in [-0.39, 0.29) is 5.56 Å². The largest absolute Gasteiger partial charge is 0.466 e. The lowest BCUT2D eigenvalue weighted by Gasteiger charge is -2.20. The van der Waals surface area contributed by atoms with Crippen molar-refractivity contribution in [3.05, 3.63) is 40.9 Å². The maximum atomic E-state index is 11.9. The predicted octanol–water partition coefficient (Wildman–Crippen LogP) is 0.199. The molecule has 0 bridgehead atoms. The fraction of sp³-hybridized carbons (Fsp3) is 0.308. The average molecular weight is 278 g/mol. The molecule has 0 saturated heterocycles. The van der Waals surface area contributed by atoms with Crippen LogP contribution in [0.15, 0.2) is 24.3 Å². The van der Waals surface area contributed by atoms with Crippen LogP contribution in [0.1, 0.15) is 11.1 Å². The predicted molar refractivity (Wildman–Crippen MR) is 67.7 cm³/mol. The number of benzene rings is 1. The van der Waals surface area contributed by atoms with E-state index in [2.05, 4.69) is 14.3 Å². The maximum absolute atomic E-state index is 11.9. The maximum Gasteiger partial charge on any atom is 0.423 e. The number of rotatable bonds is 4. The van der Waals surface area contributed by atoms with Crippen LogP contribution >= 0.6 is 0 Å². The van der Waals surface area contributed by atoms with Crippen molar-refractivity contribution in [3.63, 3.8) is 0 Å². The average Bonchev–Trinajstić information content (AvgIpc) is 2.46. The highest BCUT2D eigenvalue weighted by atomic mass is 16.5. The van der Waals surface area contributed by atoms with E-state index in [1.165, 1.54) is 12.1 Å². The minimum Gasteiger partial charge on any atom is -0.466 e. The Hall–Kier alpha value is -2.50. The number of esters is 2. The Balaban J connectivity index is 3.56. The van der Waals surface area contributed by atoms with Crippen LogP contribution in [-0.4, -0.2) is 41.8 Å². The number of aliphatic hydroxyl groups is 1. The van der Waals surface area contributed by atoms with Crippen molar-refractivity contribution >= 4 is 17.7 Å². The number of carbonyl (C=O) groups excluding carboxylic acids is 2. The molecule has 1 rings (SSSR count). The van der Waals surface area contributed by atoms with Crippen molar-refractivity contribution in [1.82, 2.24) is 0 Å². The van der Waals surface area contributed by atoms with Crippen molar-refractivity contribution < 1.29 is 29.0 Å². The van der Waals surface area contributed by atoms with Crippen LogP contribution in [0.2, 0.25) is 0 Å². The van der Waals surface area contributed by atoms with Crippen LogP contribution in [0.25, 0.3) is 5.53 Å². The number of methoxy groups -OCH3 is 2. The first-order valence-corrected chi connectivity index (χ1v) is 5.60. The first-order chi connectivity index (χ1) is 9.41. The second-order valence-electron chi connectivity index (χ2n) is 4.01. The van der Waals surface area contributed by atoms with E-state index < -0.39 is 23.3 Å². The molecule has 0 radical (unpaired) electrons. The molecule has 0 fully saturated rings. The lowest BCUT2D eigenvalue weighted by molar-refractivity contribution is -0.163. The normalized spacial score (nSPS) is 12.8. The first kappa shape index (κ1) is 15.6. The lowest BCUT2D eigenvalue weighted by Crippen LogP contribution is -2.49. The minimum atomic E-state index is -2.55. The molecule has 0 spiro atoms. The molecule has 0 saturated carbocycles. The van der Waals surface area contributed by atoms with Gasteiger partial charge in [-0.3, -0.25) is 0 Å². The monoisotopic (exact) mass is 278 g/mol. The van der Waals surface area contributed by atoms with Gasteiger partial charge in [-0.15, -0.1) is 0 Å². The summed E-state index contributed by atoms with van der Waals surface area (Å²) in [7, 11) is 2.07. The van der Waals surface area contributed by atoms with E-state index in [0.717, 1.165) is 19.8 Å². The number of carbonyl (C=O) groups is 2. The third kappa shape index (κ3) is 2.59. The van der Waals surface area contributed by atoms with E-state index in [1.54, 1.807) is 19.1 Å². The fourth-order valence-corrected chi connectivity index (χ4v) is 1.73. The molecule has 0 unspecified atom stereocenters. The lowest BCUT2D eigenvalue weighted by atomic mass is 9.88. The van der Waals surface area contributed by atoms with Crippen LogP contribution in [0.4, 0.5) is 0 Å². The first-order valence-electron chi connectivity index (χ1n) is 5.60. The van der Waals surface area contributed by atoms with Gasteiger partial charge in [-0.2, -0.15) is 4.79 Å². The van der Waals surface area contributed by atoms with Gasteiger partial charge in [0.15, 0.2) is 0 Å². The Labute approximate surface area is 115 Å². The van der Waals surface area contributed by atoms with Gasteiger partial charge < -0.3 is 20.1 Å². The molecule has 0 amide bonds. The van der Waals surface area contributed by atoms with Crippen molar-refractivity contribution in [2.75, 3.05) is 14.2 Å². The molecule has 7 heteroatoms. The molecule has 1 aromatic carbocycles. The molecular weight excluding hydrogens is 264 g/mol. The Morgan fingerprint density at radius 3 is 2.40 bits per heavy atom. The van der Waals surface area contributed by atoms with Crippen molar-refractivity contribution in [2.24, 2.45) is 0 Å². The summed E-state index contributed by atoms with van der Waals surface area (Å²) in [5.74, 6) is -2.32. The molecule has 1 aromatic rings. The standard InChI is InChI=1S/C13H14N2O5/c1-8-5-4-6-9(7-8)13(18,12(17)20-3)10(15-14)11(16)19-2/h4-7,18H,1-3H3/t13-/m1/s1. The van der Waals surface area contributed by atoms with E-state index in [9.17, 15) is 14.7 Å². The van der Waals surface area contributed by atoms with Gasteiger partial charge in [-0.1, -0.05) is 29.8 Å². The highest BCUT2D eigenvalue weighted by Crippen LogP contribution is 2.25. The molecule has 7 nitrogen and oxygen atoms in total. The quantitative estimate of drug-likeness (QED) is 0.366. The van der Waals surface area contributed by atoms with Gasteiger partial charge in [0.25, 0.3) is 5.60 Å². The van der Waals surface area contributed by atoms with Gasteiger partial charge in [-0.25, -0.2) is 9.59 Å². The fourth-order valence-electron chi connectivity index (χ4n) is 1.73. The Morgan fingerprint density at radius 1 is 1.30 bits per heavy atom. The summed E-state index contributed by atoms with van der Waals surface area (Å²) in [4.78, 5) is 26.2. The molecule has 0 aliphatic carbocycles. The highest BCUT2D eigenvalue weighted by Gasteiger charge is 2.55. The summed E-state index contributed by atoms with van der Waals surface area (Å²) in [6.07, 6.45) is 0. The molecular formula is C13H14N2O5. The second kappa shape index (κ2) is 6.10. The number of ether oxygens (including phenoxy) is 2. The van der Waals surface area contributed by atoms with Crippen LogP contribution in [0, 0.1) is 6.92 Å². The van der Waals surface area contributed by atoms with E-state index in [4.69, 9.17) is 5.53 Å². The van der Waals surface area contributed by atoms with Crippen molar-refractivity contribution in [1.29, 1.82) is 0 Å². The smallest absolute Gasteiger partial charge is 0.423 e. The molecule has 0 aromatic heterocycles. The third-order valence-corrected chi connectivity index (χ3v) is 2.74. The summed E-state index contributed by atoms with van der Waals surface area (Å²) in [6.45, 7) is 1.73. The van der Waals surface area contributed by atoms with E-state index >= 15 is 0 Å². The summed E-state index contributed by atoms with van der Waals surface area (Å²) in [5, 5.41) is 10.6. The zero-order chi connectivity index (χ0) is 15.3. The van der Waals surface area contributed by atoms with Crippen molar-refractivity contribution in [2.45, 2.75) is 12.5 Å². The summed E-state index contributed by atoms with van der Waals surface area (Å²) >= 11 is 0. The summed E-state index contributed by atoms with van der Waals surface area (Å²) < 4.78 is 8.90. The van der Waals surface area contributed by atoms with Gasteiger partial charge in [0.2, 0.25) is 0 Å². The minimum absolute atomic E-state index is 0.0301. The van der Waals surface area contributed by atoms with E-state index in [0.29, 0.717) is 0 Å². The SMILES string of the molecule is COC(=O)C(=[N+]=[N-])[C@@](O)(C(=O)OC)c1cccc(C)c1. The Bertz CT molecular complexity index is 592. The Morgan fingerprint density at radius 2 is 1.95 bits per heavy atom. The number of hydrogen-bond acceptors (Lipinski definition) is 5. The Kier molecular flexibility index (Phi) is 4.74. The number of nitrogens with zero attached hydrogens (tertiary/aromatic N) is 2. The van der Waals surface area contributed by atoms with Crippen LogP contribution in [0.5, 0.6) is 0 Å². The number of hydrogen-bond donors (Lipinski definition) is 1. The summed E-state index contributed by atoms with van der Waals surface area (Å²) in [5.41, 5.74) is 6.29. The molecule has 20 heavy (non-hydrogen) atoms. The van der Waals surface area contributed by atoms with Crippen LogP contribution < -0.4 is 0 Å².